The van der Waals surface area contributed by atoms with Crippen molar-refractivity contribution in [2.75, 3.05) is 6.61 Å². The maximum absolute atomic E-state index is 10.7. The summed E-state index contributed by atoms with van der Waals surface area (Å²) >= 11 is 0. The molecule has 1 saturated carbocycles. The third kappa shape index (κ3) is 4.51. The van der Waals surface area contributed by atoms with Crippen molar-refractivity contribution in [3.63, 3.8) is 0 Å². The summed E-state index contributed by atoms with van der Waals surface area (Å²) < 4.78 is 0. The fourth-order valence-electron chi connectivity index (χ4n) is 2.94. The minimum atomic E-state index is -1.50. The average molecular weight is 302 g/mol. The number of carbonyl (C=O) groups is 1. The van der Waals surface area contributed by atoms with Crippen molar-refractivity contribution in [2.45, 2.75) is 57.3 Å². The first kappa shape index (κ1) is 18.1. The minimum Gasteiger partial charge on any atom is -0.478 e. The van der Waals surface area contributed by atoms with E-state index in [-0.39, 0.29) is 24.0 Å². The maximum Gasteiger partial charge on any atom is 0.331 e. The van der Waals surface area contributed by atoms with Gasteiger partial charge in [0.05, 0.1) is 5.60 Å². The molecule has 3 unspecified atom stereocenters. The first-order valence-electron chi connectivity index (χ1n) is 7.31. The summed E-state index contributed by atoms with van der Waals surface area (Å²) in [6.07, 6.45) is 0.997. The average Bonchev–Trinajstić information content (AvgIpc) is 2.46. The fraction of sp³-hybridized carbons (Fsp3) is 0.800. The summed E-state index contributed by atoms with van der Waals surface area (Å²) in [4.78, 5) is 10.7. The van der Waals surface area contributed by atoms with Crippen molar-refractivity contribution < 1.29 is 30.3 Å². The van der Waals surface area contributed by atoms with Crippen LogP contribution >= 0.6 is 0 Å². The van der Waals surface area contributed by atoms with Gasteiger partial charge in [-0.1, -0.05) is 0 Å². The Hall–Kier alpha value is -0.950. The highest BCUT2D eigenvalue weighted by molar-refractivity contribution is 5.85. The lowest BCUT2D eigenvalue weighted by atomic mass is 9.71. The summed E-state index contributed by atoms with van der Waals surface area (Å²) in [5, 5.41) is 48.5. The van der Waals surface area contributed by atoms with Crippen LogP contribution in [0, 0.1) is 11.8 Å². The Morgan fingerprint density at radius 2 is 1.81 bits per heavy atom. The first-order chi connectivity index (χ1) is 9.70. The molecule has 1 fully saturated rings. The first-order valence-corrected chi connectivity index (χ1v) is 7.31. The van der Waals surface area contributed by atoms with Crippen molar-refractivity contribution in [3.05, 3.63) is 11.6 Å². The molecule has 0 radical (unpaired) electrons. The van der Waals surface area contributed by atoms with Gasteiger partial charge in [0.1, 0.15) is 12.2 Å². The summed E-state index contributed by atoms with van der Waals surface area (Å²) in [5.41, 5.74) is -1.59. The third-order valence-corrected chi connectivity index (χ3v) is 4.61. The van der Waals surface area contributed by atoms with Gasteiger partial charge in [0.25, 0.3) is 0 Å². The van der Waals surface area contributed by atoms with Crippen molar-refractivity contribution in [1.29, 1.82) is 0 Å². The van der Waals surface area contributed by atoms with E-state index >= 15 is 0 Å². The Bertz CT molecular complexity index is 382. The van der Waals surface area contributed by atoms with Crippen LogP contribution in [-0.2, 0) is 4.79 Å². The smallest absolute Gasteiger partial charge is 0.331 e. The summed E-state index contributed by atoms with van der Waals surface area (Å²) in [7, 11) is 0. The number of carboxylic acid groups (broad SMARTS) is 1. The van der Waals surface area contributed by atoms with Crippen LogP contribution < -0.4 is 0 Å². The summed E-state index contributed by atoms with van der Waals surface area (Å²) in [6, 6.07) is 0. The number of hydrogen-bond acceptors (Lipinski definition) is 5. The second-order valence-corrected chi connectivity index (χ2v) is 6.22. The van der Waals surface area contributed by atoms with Gasteiger partial charge in [-0.2, -0.15) is 0 Å². The molecule has 122 valence electrons. The van der Waals surface area contributed by atoms with Gasteiger partial charge in [-0.05, 0) is 57.4 Å². The molecule has 3 atom stereocenters. The molecule has 0 heterocycles. The van der Waals surface area contributed by atoms with E-state index in [1.165, 1.54) is 13.8 Å². The van der Waals surface area contributed by atoms with Gasteiger partial charge in [-0.15, -0.1) is 0 Å². The van der Waals surface area contributed by atoms with Crippen LogP contribution in [0.2, 0.25) is 0 Å². The SMILES string of the molecule is C/C(=C\C(O)C(O)C(C)(O)C1CCC(CO)CC1)C(=O)O. The van der Waals surface area contributed by atoms with Crippen molar-refractivity contribution in [2.24, 2.45) is 11.8 Å². The van der Waals surface area contributed by atoms with E-state index in [9.17, 15) is 20.1 Å². The van der Waals surface area contributed by atoms with E-state index in [2.05, 4.69) is 0 Å². The Balaban J connectivity index is 2.73. The topological polar surface area (TPSA) is 118 Å². The van der Waals surface area contributed by atoms with Crippen LogP contribution in [0.25, 0.3) is 0 Å². The quantitative estimate of drug-likeness (QED) is 0.450. The van der Waals surface area contributed by atoms with Crippen molar-refractivity contribution >= 4 is 5.97 Å². The predicted octanol–water partition coefficient (Wildman–Crippen LogP) is 0.289. The van der Waals surface area contributed by atoms with Gasteiger partial charge in [0.15, 0.2) is 0 Å². The molecule has 0 aromatic carbocycles. The zero-order valence-corrected chi connectivity index (χ0v) is 12.6. The molecule has 0 spiro atoms. The van der Waals surface area contributed by atoms with Crippen LogP contribution in [0.5, 0.6) is 0 Å². The molecule has 0 bridgehead atoms. The van der Waals surface area contributed by atoms with Gasteiger partial charge in [0, 0.05) is 12.2 Å². The van der Waals surface area contributed by atoms with Crippen LogP contribution in [0.4, 0.5) is 0 Å². The monoisotopic (exact) mass is 302 g/mol. The lowest BCUT2D eigenvalue weighted by Gasteiger charge is -2.41. The van der Waals surface area contributed by atoms with Crippen LogP contribution in [0.3, 0.4) is 0 Å². The Morgan fingerprint density at radius 3 is 2.24 bits per heavy atom. The van der Waals surface area contributed by atoms with Crippen molar-refractivity contribution in [3.8, 4) is 0 Å². The number of aliphatic hydroxyl groups is 4. The Kier molecular flexibility index (Phi) is 6.34. The lowest BCUT2D eigenvalue weighted by Crippen LogP contribution is -2.52. The normalized spacial score (nSPS) is 29.5. The van der Waals surface area contributed by atoms with Gasteiger partial charge < -0.3 is 25.5 Å². The van der Waals surface area contributed by atoms with Gasteiger partial charge in [-0.25, -0.2) is 4.79 Å². The Labute approximate surface area is 124 Å². The van der Waals surface area contributed by atoms with E-state index in [1.54, 1.807) is 0 Å². The molecule has 0 aromatic rings. The molecule has 6 nitrogen and oxygen atoms in total. The molecule has 1 rings (SSSR count). The van der Waals surface area contributed by atoms with E-state index in [0.29, 0.717) is 12.8 Å². The van der Waals surface area contributed by atoms with Gasteiger partial charge in [-0.3, -0.25) is 0 Å². The zero-order valence-electron chi connectivity index (χ0n) is 12.6. The second kappa shape index (κ2) is 7.35. The molecule has 5 N–H and O–H groups in total. The molecule has 21 heavy (non-hydrogen) atoms. The van der Waals surface area contributed by atoms with Gasteiger partial charge >= 0.3 is 5.97 Å². The fourth-order valence-corrected chi connectivity index (χ4v) is 2.94. The predicted molar refractivity (Wildman–Crippen MR) is 76.6 cm³/mol. The highest BCUT2D eigenvalue weighted by atomic mass is 16.4. The third-order valence-electron chi connectivity index (χ3n) is 4.61. The summed E-state index contributed by atoms with van der Waals surface area (Å²) in [6.45, 7) is 2.91. The minimum absolute atomic E-state index is 0.0821. The highest BCUT2D eigenvalue weighted by Gasteiger charge is 2.43. The van der Waals surface area contributed by atoms with E-state index < -0.39 is 23.8 Å². The van der Waals surface area contributed by atoms with Crippen molar-refractivity contribution in [1.82, 2.24) is 0 Å². The van der Waals surface area contributed by atoms with E-state index in [4.69, 9.17) is 10.2 Å². The number of carboxylic acids is 1. The Morgan fingerprint density at radius 1 is 1.29 bits per heavy atom. The molecule has 0 amide bonds. The number of hydrogen-bond donors (Lipinski definition) is 5. The molecule has 0 aromatic heterocycles. The molecule has 1 aliphatic rings. The van der Waals surface area contributed by atoms with Gasteiger partial charge in [0.2, 0.25) is 0 Å². The molecular formula is C15H26O6. The van der Waals surface area contributed by atoms with E-state index in [0.717, 1.165) is 18.9 Å². The summed E-state index contributed by atoms with van der Waals surface area (Å²) in [5.74, 6) is -1.14. The van der Waals surface area contributed by atoms with Crippen LogP contribution in [0.1, 0.15) is 39.5 Å². The van der Waals surface area contributed by atoms with E-state index in [1.807, 2.05) is 0 Å². The standard InChI is InChI=1S/C15H26O6/c1-9(14(19)20)7-12(17)13(18)15(2,21)11-5-3-10(8-16)4-6-11/h7,10-13,16-18,21H,3-6,8H2,1-2H3,(H,19,20)/b9-7+. The molecule has 1 aliphatic carbocycles. The lowest BCUT2D eigenvalue weighted by molar-refractivity contribution is -0.143. The number of aliphatic hydroxyl groups excluding tert-OH is 3. The van der Waals surface area contributed by atoms with Crippen LogP contribution in [0.15, 0.2) is 11.6 Å². The largest absolute Gasteiger partial charge is 0.478 e. The molecular weight excluding hydrogens is 276 g/mol. The second-order valence-electron chi connectivity index (χ2n) is 6.22. The maximum atomic E-state index is 10.7. The molecule has 0 saturated heterocycles. The highest BCUT2D eigenvalue weighted by Crippen LogP contribution is 2.37. The molecule has 6 heteroatoms. The van der Waals surface area contributed by atoms with Crippen LogP contribution in [-0.4, -0.2) is 55.9 Å². The number of aliphatic carboxylic acids is 1. The molecule has 0 aliphatic heterocycles. The number of rotatable bonds is 6. The zero-order chi connectivity index (χ0) is 16.2.